The Morgan fingerprint density at radius 2 is 1.94 bits per heavy atom. The second kappa shape index (κ2) is 4.00. The number of amides is 1. The molecule has 0 radical (unpaired) electrons. The van der Waals surface area contributed by atoms with Crippen molar-refractivity contribution in [1.29, 1.82) is 0 Å². The van der Waals surface area contributed by atoms with Crippen molar-refractivity contribution >= 4 is 5.91 Å². The zero-order valence-corrected chi connectivity index (χ0v) is 12.0. The van der Waals surface area contributed by atoms with Gasteiger partial charge < -0.3 is 4.90 Å². The number of rotatable bonds is 2. The molecule has 1 saturated carbocycles. The third-order valence-corrected chi connectivity index (χ3v) is 4.32. The van der Waals surface area contributed by atoms with Gasteiger partial charge in [0, 0.05) is 19.0 Å². The number of carbonyl (C=O) groups is 1. The van der Waals surface area contributed by atoms with E-state index in [1.165, 1.54) is 19.3 Å². The van der Waals surface area contributed by atoms with E-state index in [4.69, 9.17) is 0 Å². The fourth-order valence-corrected chi connectivity index (χ4v) is 4.22. The lowest BCUT2D eigenvalue weighted by Gasteiger charge is -2.39. The standard InChI is InChI=1S/C15H27NO/c1-11(2)6-13(17)16-10-15(5)8-12(16)7-14(3,4)9-15/h11-12H,6-10H2,1-5H3. The van der Waals surface area contributed by atoms with Crippen LogP contribution in [0.1, 0.15) is 60.3 Å². The molecule has 2 nitrogen and oxygen atoms in total. The van der Waals surface area contributed by atoms with Crippen molar-refractivity contribution in [1.82, 2.24) is 4.90 Å². The Kier molecular flexibility index (Phi) is 3.04. The van der Waals surface area contributed by atoms with Gasteiger partial charge >= 0.3 is 0 Å². The molecule has 2 atom stereocenters. The second-order valence-corrected chi connectivity index (χ2v) is 7.83. The topological polar surface area (TPSA) is 20.3 Å². The van der Waals surface area contributed by atoms with Crippen LogP contribution >= 0.6 is 0 Å². The zero-order valence-electron chi connectivity index (χ0n) is 12.0. The molecule has 2 bridgehead atoms. The van der Waals surface area contributed by atoms with Gasteiger partial charge in [-0.2, -0.15) is 0 Å². The summed E-state index contributed by atoms with van der Waals surface area (Å²) in [7, 11) is 0. The van der Waals surface area contributed by atoms with Gasteiger partial charge in [0.05, 0.1) is 0 Å². The molecule has 2 unspecified atom stereocenters. The predicted molar refractivity (Wildman–Crippen MR) is 70.7 cm³/mol. The van der Waals surface area contributed by atoms with Gasteiger partial charge in [-0.15, -0.1) is 0 Å². The van der Waals surface area contributed by atoms with Gasteiger partial charge in [-0.3, -0.25) is 4.79 Å². The Bertz CT molecular complexity index is 321. The summed E-state index contributed by atoms with van der Waals surface area (Å²) >= 11 is 0. The number of hydrogen-bond acceptors (Lipinski definition) is 1. The molecule has 0 spiro atoms. The van der Waals surface area contributed by atoms with E-state index in [0.29, 0.717) is 35.1 Å². The molecular weight excluding hydrogens is 210 g/mol. The first kappa shape index (κ1) is 12.9. The number of hydrogen-bond donors (Lipinski definition) is 0. The summed E-state index contributed by atoms with van der Waals surface area (Å²) < 4.78 is 0. The maximum absolute atomic E-state index is 12.3. The SMILES string of the molecule is CC(C)CC(=O)N1CC2(C)CC1CC(C)(C)C2. The fraction of sp³-hybridized carbons (Fsp3) is 0.933. The van der Waals surface area contributed by atoms with Gasteiger partial charge in [-0.1, -0.05) is 34.6 Å². The highest BCUT2D eigenvalue weighted by Gasteiger charge is 2.50. The molecule has 0 aromatic carbocycles. The summed E-state index contributed by atoms with van der Waals surface area (Å²) in [6, 6.07) is 0.509. The summed E-state index contributed by atoms with van der Waals surface area (Å²) in [6.45, 7) is 12.3. The van der Waals surface area contributed by atoms with Crippen LogP contribution in [0.3, 0.4) is 0 Å². The average molecular weight is 237 g/mol. The highest BCUT2D eigenvalue weighted by molar-refractivity contribution is 5.77. The maximum atomic E-state index is 12.3. The smallest absolute Gasteiger partial charge is 0.223 e. The van der Waals surface area contributed by atoms with Crippen LogP contribution < -0.4 is 0 Å². The Balaban J connectivity index is 2.11. The van der Waals surface area contributed by atoms with Gasteiger partial charge in [-0.25, -0.2) is 0 Å². The first-order valence-electron chi connectivity index (χ1n) is 7.00. The lowest BCUT2D eigenvalue weighted by atomic mass is 9.65. The van der Waals surface area contributed by atoms with E-state index in [1.807, 2.05) is 0 Å². The largest absolute Gasteiger partial charge is 0.339 e. The van der Waals surface area contributed by atoms with Crippen molar-refractivity contribution in [2.75, 3.05) is 6.54 Å². The number of carbonyl (C=O) groups excluding carboxylic acids is 1. The minimum atomic E-state index is 0.374. The lowest BCUT2D eigenvalue weighted by molar-refractivity contribution is -0.133. The average Bonchev–Trinajstić information content (AvgIpc) is 2.33. The molecule has 1 aliphatic carbocycles. The third-order valence-electron chi connectivity index (χ3n) is 4.32. The molecular formula is C15H27NO. The van der Waals surface area contributed by atoms with Gasteiger partial charge in [0.2, 0.25) is 5.91 Å². The first-order chi connectivity index (χ1) is 7.71. The van der Waals surface area contributed by atoms with Gasteiger partial charge in [0.1, 0.15) is 0 Å². The lowest BCUT2D eigenvalue weighted by Crippen LogP contribution is -2.38. The normalized spacial score (nSPS) is 35.4. The van der Waals surface area contributed by atoms with Crippen LogP contribution in [-0.2, 0) is 4.79 Å². The second-order valence-electron chi connectivity index (χ2n) is 7.83. The predicted octanol–water partition coefficient (Wildman–Crippen LogP) is 3.46. The van der Waals surface area contributed by atoms with E-state index in [1.54, 1.807) is 0 Å². The summed E-state index contributed by atoms with van der Waals surface area (Å²) in [5.74, 6) is 0.857. The van der Waals surface area contributed by atoms with Gasteiger partial charge in [0.15, 0.2) is 0 Å². The van der Waals surface area contributed by atoms with Crippen LogP contribution in [0.4, 0.5) is 0 Å². The molecule has 1 amide bonds. The molecule has 0 aromatic heterocycles. The molecule has 98 valence electrons. The van der Waals surface area contributed by atoms with Crippen LogP contribution in [0.5, 0.6) is 0 Å². The van der Waals surface area contributed by atoms with E-state index < -0.39 is 0 Å². The number of nitrogens with zero attached hydrogens (tertiary/aromatic N) is 1. The maximum Gasteiger partial charge on any atom is 0.223 e. The van der Waals surface area contributed by atoms with Crippen LogP contribution in [0.15, 0.2) is 0 Å². The van der Waals surface area contributed by atoms with Crippen LogP contribution in [-0.4, -0.2) is 23.4 Å². The Morgan fingerprint density at radius 3 is 2.53 bits per heavy atom. The van der Waals surface area contributed by atoms with Crippen molar-refractivity contribution in [3.05, 3.63) is 0 Å². The fourth-order valence-electron chi connectivity index (χ4n) is 4.22. The van der Waals surface area contributed by atoms with Crippen LogP contribution in [0.25, 0.3) is 0 Å². The molecule has 1 heterocycles. The Morgan fingerprint density at radius 1 is 1.29 bits per heavy atom. The highest BCUT2D eigenvalue weighted by atomic mass is 16.2. The first-order valence-corrected chi connectivity index (χ1v) is 7.00. The minimum Gasteiger partial charge on any atom is -0.339 e. The Hall–Kier alpha value is -0.530. The molecule has 2 rings (SSSR count). The quantitative estimate of drug-likeness (QED) is 0.720. The van der Waals surface area contributed by atoms with Crippen molar-refractivity contribution in [2.45, 2.75) is 66.3 Å². The molecule has 2 fully saturated rings. The van der Waals surface area contributed by atoms with Crippen molar-refractivity contribution in [3.8, 4) is 0 Å². The van der Waals surface area contributed by atoms with E-state index in [2.05, 4.69) is 39.5 Å². The van der Waals surface area contributed by atoms with Crippen molar-refractivity contribution in [2.24, 2.45) is 16.7 Å². The molecule has 1 saturated heterocycles. The minimum absolute atomic E-state index is 0.374. The summed E-state index contributed by atoms with van der Waals surface area (Å²) in [5.41, 5.74) is 0.781. The Labute approximate surface area is 106 Å². The number of fused-ring (bicyclic) bond motifs is 2. The van der Waals surface area contributed by atoms with Crippen molar-refractivity contribution in [3.63, 3.8) is 0 Å². The highest BCUT2D eigenvalue weighted by Crippen LogP contribution is 2.52. The van der Waals surface area contributed by atoms with Crippen molar-refractivity contribution < 1.29 is 4.79 Å². The summed E-state index contributed by atoms with van der Waals surface area (Å²) in [6.07, 6.45) is 4.39. The molecule has 0 aromatic rings. The monoisotopic (exact) mass is 237 g/mol. The zero-order chi connectivity index (χ0) is 12.8. The molecule has 2 heteroatoms. The third kappa shape index (κ3) is 2.66. The summed E-state index contributed by atoms with van der Waals surface area (Å²) in [5, 5.41) is 0. The molecule has 0 N–H and O–H groups in total. The van der Waals surface area contributed by atoms with E-state index in [-0.39, 0.29) is 0 Å². The summed E-state index contributed by atoms with van der Waals surface area (Å²) in [4.78, 5) is 14.5. The van der Waals surface area contributed by atoms with E-state index >= 15 is 0 Å². The van der Waals surface area contributed by atoms with Gasteiger partial charge in [-0.05, 0) is 36.0 Å². The van der Waals surface area contributed by atoms with E-state index in [9.17, 15) is 4.79 Å². The molecule has 2 aliphatic rings. The van der Waals surface area contributed by atoms with Gasteiger partial charge in [0.25, 0.3) is 0 Å². The van der Waals surface area contributed by atoms with Crippen LogP contribution in [0, 0.1) is 16.7 Å². The van der Waals surface area contributed by atoms with Crippen LogP contribution in [0.2, 0.25) is 0 Å². The molecule has 1 aliphatic heterocycles. The number of likely N-dealkylation sites (tertiary alicyclic amines) is 1. The van der Waals surface area contributed by atoms with E-state index in [0.717, 1.165) is 6.54 Å². The molecule has 17 heavy (non-hydrogen) atoms.